The second-order valence-corrected chi connectivity index (χ2v) is 2.88. The normalized spacial score (nSPS) is 13.2. The van der Waals surface area contributed by atoms with Gasteiger partial charge in [-0.25, -0.2) is 0 Å². The van der Waals surface area contributed by atoms with Crippen molar-refractivity contribution in [3.05, 3.63) is 12.3 Å². The number of hydrogen-bond donors (Lipinski definition) is 2. The van der Waals surface area contributed by atoms with Crippen LogP contribution in [0.3, 0.4) is 0 Å². The molecule has 0 aliphatic carbocycles. The van der Waals surface area contributed by atoms with Crippen LogP contribution in [0.5, 0.6) is 0 Å². The molecule has 70 valence electrons. The first-order chi connectivity index (χ1) is 5.63. The summed E-state index contributed by atoms with van der Waals surface area (Å²) in [5.74, 6) is -0.0539. The van der Waals surface area contributed by atoms with Crippen LogP contribution < -0.4 is 5.32 Å². The molecule has 2 N–H and O–H groups in total. The molecule has 0 aliphatic rings. The summed E-state index contributed by atoms with van der Waals surface area (Å²) in [5.41, 5.74) is 0. The Labute approximate surface area is 73.5 Å². The Kier molecular flexibility index (Phi) is 6.38. The van der Waals surface area contributed by atoms with Gasteiger partial charge in [0, 0.05) is 6.92 Å². The lowest BCUT2D eigenvalue weighted by Crippen LogP contribution is -2.11. The average molecular weight is 171 g/mol. The molecule has 1 unspecified atom stereocenters. The van der Waals surface area contributed by atoms with Crippen LogP contribution in [-0.4, -0.2) is 17.1 Å². The molecule has 0 fully saturated rings. The van der Waals surface area contributed by atoms with Crippen molar-refractivity contribution in [2.45, 2.75) is 39.2 Å². The van der Waals surface area contributed by atoms with Crippen LogP contribution in [0.25, 0.3) is 0 Å². The van der Waals surface area contributed by atoms with Gasteiger partial charge in [-0.2, -0.15) is 0 Å². The molecule has 0 saturated heterocycles. The van der Waals surface area contributed by atoms with Crippen LogP contribution in [0.15, 0.2) is 12.3 Å². The summed E-state index contributed by atoms with van der Waals surface area (Å²) in [6.45, 7) is 3.25. The summed E-state index contributed by atoms with van der Waals surface area (Å²) in [4.78, 5) is 10.4. The minimum atomic E-state index is -0.223. The summed E-state index contributed by atoms with van der Waals surface area (Å²) in [6, 6.07) is 0. The minimum absolute atomic E-state index is 0.0539. The first-order valence-electron chi connectivity index (χ1n) is 4.23. The van der Waals surface area contributed by atoms with Gasteiger partial charge in [-0.15, -0.1) is 0 Å². The number of amides is 1. The molecule has 0 aromatic heterocycles. The smallest absolute Gasteiger partial charge is 0.220 e. The highest BCUT2D eigenvalue weighted by molar-refractivity contribution is 5.73. The number of unbranched alkanes of at least 4 members (excludes halogenated alkanes) is 1. The van der Waals surface area contributed by atoms with E-state index in [1.165, 1.54) is 6.92 Å². The first-order valence-corrected chi connectivity index (χ1v) is 4.23. The Bertz CT molecular complexity index is 153. The van der Waals surface area contributed by atoms with Crippen molar-refractivity contribution in [2.75, 3.05) is 0 Å². The number of carbonyl (C=O) groups is 1. The number of aliphatic hydroxyl groups excluding tert-OH is 1. The van der Waals surface area contributed by atoms with Crippen molar-refractivity contribution in [3.8, 4) is 0 Å². The van der Waals surface area contributed by atoms with E-state index >= 15 is 0 Å². The molecule has 1 amide bonds. The molecule has 0 aliphatic heterocycles. The number of aliphatic hydroxyl groups is 1. The van der Waals surface area contributed by atoms with Crippen LogP contribution in [0, 0.1) is 0 Å². The summed E-state index contributed by atoms with van der Waals surface area (Å²) in [6.07, 6.45) is 5.97. The van der Waals surface area contributed by atoms with Gasteiger partial charge in [0.2, 0.25) is 5.91 Å². The average Bonchev–Trinajstić information content (AvgIpc) is 1.95. The van der Waals surface area contributed by atoms with Gasteiger partial charge in [0.05, 0.1) is 6.10 Å². The first kappa shape index (κ1) is 11.2. The fourth-order valence-electron chi connectivity index (χ4n) is 0.791. The lowest BCUT2D eigenvalue weighted by atomic mass is 10.2. The summed E-state index contributed by atoms with van der Waals surface area (Å²) >= 11 is 0. The Balaban J connectivity index is 3.19. The van der Waals surface area contributed by atoms with Crippen molar-refractivity contribution in [2.24, 2.45) is 0 Å². The van der Waals surface area contributed by atoms with Gasteiger partial charge >= 0.3 is 0 Å². The molecule has 0 spiro atoms. The molecule has 0 heterocycles. The van der Waals surface area contributed by atoms with E-state index in [0.29, 0.717) is 0 Å². The number of rotatable bonds is 5. The maximum atomic E-state index is 10.4. The van der Waals surface area contributed by atoms with E-state index in [-0.39, 0.29) is 12.0 Å². The van der Waals surface area contributed by atoms with E-state index in [2.05, 4.69) is 5.32 Å². The molecule has 0 aromatic carbocycles. The lowest BCUT2D eigenvalue weighted by Gasteiger charge is -1.99. The fraction of sp³-hybridized carbons (Fsp3) is 0.667. The van der Waals surface area contributed by atoms with E-state index in [0.717, 1.165) is 19.3 Å². The summed E-state index contributed by atoms with van der Waals surface area (Å²) in [5, 5.41) is 11.5. The second-order valence-electron chi connectivity index (χ2n) is 2.88. The zero-order valence-electron chi connectivity index (χ0n) is 7.71. The number of allylic oxidation sites excluding steroid dienone is 1. The van der Waals surface area contributed by atoms with Crippen molar-refractivity contribution in [1.82, 2.24) is 5.32 Å². The van der Waals surface area contributed by atoms with Gasteiger partial charge in [0.25, 0.3) is 0 Å². The molecule has 1 atom stereocenters. The lowest BCUT2D eigenvalue weighted by molar-refractivity contribution is -0.118. The van der Waals surface area contributed by atoms with Gasteiger partial charge in [0.1, 0.15) is 0 Å². The minimum Gasteiger partial charge on any atom is -0.393 e. The van der Waals surface area contributed by atoms with Gasteiger partial charge < -0.3 is 10.4 Å². The van der Waals surface area contributed by atoms with Gasteiger partial charge in [-0.3, -0.25) is 4.79 Å². The third-order valence-corrected chi connectivity index (χ3v) is 1.40. The molecule has 0 saturated carbocycles. The molecular formula is C9H17NO2. The van der Waals surface area contributed by atoms with Gasteiger partial charge in [-0.1, -0.05) is 6.08 Å². The van der Waals surface area contributed by atoms with Crippen molar-refractivity contribution < 1.29 is 9.90 Å². The third kappa shape index (κ3) is 9.17. The summed E-state index contributed by atoms with van der Waals surface area (Å²) in [7, 11) is 0. The molecule has 0 rings (SSSR count). The van der Waals surface area contributed by atoms with E-state index in [1.807, 2.05) is 6.08 Å². The Hall–Kier alpha value is -0.830. The van der Waals surface area contributed by atoms with E-state index in [4.69, 9.17) is 5.11 Å². The maximum Gasteiger partial charge on any atom is 0.220 e. The van der Waals surface area contributed by atoms with Crippen LogP contribution in [-0.2, 0) is 4.79 Å². The second kappa shape index (κ2) is 6.85. The highest BCUT2D eigenvalue weighted by atomic mass is 16.3. The molecule has 12 heavy (non-hydrogen) atoms. The standard InChI is InChI=1S/C9H17NO2/c1-8(11)6-4-3-5-7-10-9(2)12/h5,7-8,11H,3-4,6H2,1-2H3,(H,10,12). The van der Waals surface area contributed by atoms with Crippen LogP contribution in [0.4, 0.5) is 0 Å². The molecule has 0 aromatic rings. The maximum absolute atomic E-state index is 10.4. The molecule has 3 heteroatoms. The predicted molar refractivity (Wildman–Crippen MR) is 48.5 cm³/mol. The quantitative estimate of drug-likeness (QED) is 0.610. The highest BCUT2D eigenvalue weighted by Gasteiger charge is 1.92. The highest BCUT2D eigenvalue weighted by Crippen LogP contribution is 1.99. The Morgan fingerprint density at radius 3 is 2.83 bits per heavy atom. The Morgan fingerprint density at radius 1 is 1.67 bits per heavy atom. The predicted octanol–water partition coefficient (Wildman–Crippen LogP) is 1.19. The molecule has 3 nitrogen and oxygen atoms in total. The van der Waals surface area contributed by atoms with Crippen LogP contribution in [0.1, 0.15) is 33.1 Å². The number of hydrogen-bond acceptors (Lipinski definition) is 2. The number of nitrogens with one attached hydrogen (secondary N) is 1. The largest absolute Gasteiger partial charge is 0.393 e. The molecular weight excluding hydrogens is 154 g/mol. The topological polar surface area (TPSA) is 49.3 Å². The van der Waals surface area contributed by atoms with Crippen molar-refractivity contribution in [3.63, 3.8) is 0 Å². The van der Waals surface area contributed by atoms with Crippen LogP contribution >= 0.6 is 0 Å². The fourth-order valence-corrected chi connectivity index (χ4v) is 0.791. The van der Waals surface area contributed by atoms with Crippen LogP contribution in [0.2, 0.25) is 0 Å². The zero-order valence-corrected chi connectivity index (χ0v) is 7.71. The third-order valence-electron chi connectivity index (χ3n) is 1.40. The Morgan fingerprint density at radius 2 is 2.33 bits per heavy atom. The molecule has 0 bridgehead atoms. The molecule has 0 radical (unpaired) electrons. The zero-order chi connectivity index (χ0) is 9.40. The van der Waals surface area contributed by atoms with Crippen molar-refractivity contribution in [1.29, 1.82) is 0 Å². The van der Waals surface area contributed by atoms with E-state index in [1.54, 1.807) is 13.1 Å². The summed E-state index contributed by atoms with van der Waals surface area (Å²) < 4.78 is 0. The van der Waals surface area contributed by atoms with Gasteiger partial charge in [-0.05, 0) is 32.4 Å². The van der Waals surface area contributed by atoms with E-state index < -0.39 is 0 Å². The van der Waals surface area contributed by atoms with Crippen molar-refractivity contribution >= 4 is 5.91 Å². The monoisotopic (exact) mass is 171 g/mol. The SMILES string of the molecule is CC(=O)NC=CCCCC(C)O. The van der Waals surface area contributed by atoms with Gasteiger partial charge in [0.15, 0.2) is 0 Å². The van der Waals surface area contributed by atoms with E-state index in [9.17, 15) is 4.79 Å². The number of carbonyl (C=O) groups excluding carboxylic acids is 1.